The second-order valence-electron chi connectivity index (χ2n) is 5.61. The Hall–Kier alpha value is -1.66. The van der Waals surface area contributed by atoms with Gasteiger partial charge in [-0.05, 0) is 27.7 Å². The smallest absolute Gasteiger partial charge is 0.398 e. The molecule has 0 aliphatic heterocycles. The maximum atomic E-state index is 12.7. The molecule has 118 valence electrons. The Bertz CT molecular complexity index is 529. The van der Waals surface area contributed by atoms with Gasteiger partial charge < -0.3 is 4.74 Å². The number of hydrogen-bond donors (Lipinski definition) is 0. The van der Waals surface area contributed by atoms with Gasteiger partial charge in [0.15, 0.2) is 17.3 Å². The van der Waals surface area contributed by atoms with E-state index in [1.165, 1.54) is 27.9 Å². The number of rotatable bonds is 3. The molecule has 0 aromatic carbocycles. The third-order valence-electron chi connectivity index (χ3n) is 3.82. The molecule has 0 spiro atoms. The van der Waals surface area contributed by atoms with Crippen LogP contribution in [0.5, 0.6) is 0 Å². The molecule has 0 aromatic heterocycles. The van der Waals surface area contributed by atoms with Crippen LogP contribution in [0.15, 0.2) is 11.3 Å². The zero-order valence-electron chi connectivity index (χ0n) is 12.4. The maximum absolute atomic E-state index is 12.7. The van der Waals surface area contributed by atoms with Gasteiger partial charge >= 0.3 is 6.18 Å². The molecule has 2 unspecified atom stereocenters. The normalized spacial score (nSPS) is 24.1. The third-order valence-corrected chi connectivity index (χ3v) is 3.82. The first-order chi connectivity index (χ1) is 9.37. The number of halogens is 3. The third kappa shape index (κ3) is 2.73. The SMILES string of the molecule is COC1=C(C)C(=O)C(C(=O)C(C)C(F)(F)F)C(=O)C1(C)C. The minimum absolute atomic E-state index is 0.00910. The highest BCUT2D eigenvalue weighted by molar-refractivity contribution is 6.27. The van der Waals surface area contributed by atoms with Gasteiger partial charge in [0.1, 0.15) is 17.6 Å². The summed E-state index contributed by atoms with van der Waals surface area (Å²) in [4.78, 5) is 36.4. The number of Topliss-reactive ketones (excluding diaryl/α,β-unsaturated/α-hetero) is 3. The fraction of sp³-hybridized carbons (Fsp3) is 0.643. The average molecular weight is 306 g/mol. The van der Waals surface area contributed by atoms with Crippen LogP contribution in [0, 0.1) is 17.3 Å². The van der Waals surface area contributed by atoms with E-state index < -0.39 is 40.8 Å². The monoisotopic (exact) mass is 306 g/mol. The Kier molecular flexibility index (Phi) is 4.37. The molecule has 0 fully saturated rings. The Morgan fingerprint density at radius 3 is 2.14 bits per heavy atom. The number of alkyl halides is 3. The number of ether oxygens (including phenoxy) is 1. The molecule has 1 aliphatic carbocycles. The van der Waals surface area contributed by atoms with E-state index in [1.807, 2.05) is 0 Å². The second-order valence-corrected chi connectivity index (χ2v) is 5.61. The van der Waals surface area contributed by atoms with Crippen LogP contribution in [0.4, 0.5) is 13.2 Å². The summed E-state index contributed by atoms with van der Waals surface area (Å²) >= 11 is 0. The first kappa shape index (κ1) is 17.4. The van der Waals surface area contributed by atoms with Gasteiger partial charge in [-0.25, -0.2) is 0 Å². The van der Waals surface area contributed by atoms with Crippen LogP contribution in [-0.4, -0.2) is 30.6 Å². The Morgan fingerprint density at radius 1 is 1.29 bits per heavy atom. The topological polar surface area (TPSA) is 60.4 Å². The van der Waals surface area contributed by atoms with Crippen molar-refractivity contribution in [2.75, 3.05) is 7.11 Å². The van der Waals surface area contributed by atoms with Crippen molar-refractivity contribution in [3.8, 4) is 0 Å². The van der Waals surface area contributed by atoms with E-state index in [4.69, 9.17) is 4.74 Å². The fourth-order valence-electron chi connectivity index (χ4n) is 2.47. The molecule has 4 nitrogen and oxygen atoms in total. The lowest BCUT2D eigenvalue weighted by Crippen LogP contribution is -2.49. The Morgan fingerprint density at radius 2 is 1.76 bits per heavy atom. The molecule has 0 bridgehead atoms. The predicted octanol–water partition coefficient (Wildman–Crippen LogP) is 2.47. The average Bonchev–Trinajstić information content (AvgIpc) is 2.35. The summed E-state index contributed by atoms with van der Waals surface area (Å²) in [7, 11) is 1.27. The number of carbonyl (C=O) groups excluding carboxylic acids is 3. The van der Waals surface area contributed by atoms with Crippen LogP contribution in [0.3, 0.4) is 0 Å². The summed E-state index contributed by atoms with van der Waals surface area (Å²) in [5.41, 5.74) is -1.31. The van der Waals surface area contributed by atoms with Gasteiger partial charge in [-0.15, -0.1) is 0 Å². The van der Waals surface area contributed by atoms with Crippen molar-refractivity contribution in [1.82, 2.24) is 0 Å². The van der Waals surface area contributed by atoms with Crippen LogP contribution in [-0.2, 0) is 19.1 Å². The molecule has 1 rings (SSSR count). The summed E-state index contributed by atoms with van der Waals surface area (Å²) in [6.45, 7) is 4.83. The summed E-state index contributed by atoms with van der Waals surface area (Å²) in [6, 6.07) is 0. The van der Waals surface area contributed by atoms with E-state index in [-0.39, 0.29) is 11.3 Å². The molecule has 1 aliphatic rings. The number of carbonyl (C=O) groups is 3. The molecule has 0 N–H and O–H groups in total. The molecule has 7 heteroatoms. The van der Waals surface area contributed by atoms with Crippen LogP contribution in [0.1, 0.15) is 27.7 Å². The standard InChI is InChI=1S/C14H17F3O4/c1-6-9(18)8(10(19)7(2)14(15,16)17)11(20)13(3,4)12(6)21-5/h7-8H,1-5H3. The van der Waals surface area contributed by atoms with Crippen LogP contribution < -0.4 is 0 Å². The van der Waals surface area contributed by atoms with Gasteiger partial charge in [-0.3, -0.25) is 14.4 Å². The molecule has 0 amide bonds. The highest BCUT2D eigenvalue weighted by Crippen LogP contribution is 2.41. The minimum atomic E-state index is -4.79. The second kappa shape index (κ2) is 5.27. The van der Waals surface area contributed by atoms with Crippen molar-refractivity contribution < 1.29 is 32.3 Å². The van der Waals surface area contributed by atoms with Crippen molar-refractivity contribution in [2.24, 2.45) is 17.3 Å². The summed E-state index contributed by atoms with van der Waals surface area (Å²) in [6.07, 6.45) is -4.79. The molecule has 0 saturated heterocycles. The lowest BCUT2D eigenvalue weighted by molar-refractivity contribution is -0.180. The van der Waals surface area contributed by atoms with Crippen LogP contribution >= 0.6 is 0 Å². The van der Waals surface area contributed by atoms with Crippen molar-refractivity contribution in [3.63, 3.8) is 0 Å². The predicted molar refractivity (Wildman–Crippen MR) is 67.2 cm³/mol. The molecule has 0 saturated carbocycles. The lowest BCUT2D eigenvalue weighted by atomic mass is 9.68. The van der Waals surface area contributed by atoms with E-state index in [9.17, 15) is 27.6 Å². The Balaban J connectivity index is 3.35. The molecule has 21 heavy (non-hydrogen) atoms. The molecular formula is C14H17F3O4. The van der Waals surface area contributed by atoms with Crippen molar-refractivity contribution in [3.05, 3.63) is 11.3 Å². The first-order valence-electron chi connectivity index (χ1n) is 6.31. The molecule has 0 aromatic rings. The largest absolute Gasteiger partial charge is 0.500 e. The fourth-order valence-corrected chi connectivity index (χ4v) is 2.47. The molecule has 2 atom stereocenters. The van der Waals surface area contributed by atoms with Gasteiger partial charge in [0, 0.05) is 5.57 Å². The highest BCUT2D eigenvalue weighted by atomic mass is 19.4. The number of methoxy groups -OCH3 is 1. The van der Waals surface area contributed by atoms with Crippen molar-refractivity contribution in [1.29, 1.82) is 0 Å². The van der Waals surface area contributed by atoms with Gasteiger partial charge in [0.25, 0.3) is 0 Å². The number of hydrogen-bond acceptors (Lipinski definition) is 4. The van der Waals surface area contributed by atoms with Gasteiger partial charge in [-0.2, -0.15) is 13.2 Å². The molecule has 0 heterocycles. The summed E-state index contributed by atoms with van der Waals surface area (Å²) < 4.78 is 43.0. The van der Waals surface area contributed by atoms with Gasteiger partial charge in [0.2, 0.25) is 0 Å². The zero-order valence-corrected chi connectivity index (χ0v) is 12.4. The highest BCUT2D eigenvalue weighted by Gasteiger charge is 2.54. The number of ketones is 3. The van der Waals surface area contributed by atoms with E-state index in [2.05, 4.69) is 0 Å². The molecular weight excluding hydrogens is 289 g/mol. The first-order valence-corrected chi connectivity index (χ1v) is 6.31. The summed E-state index contributed by atoms with van der Waals surface area (Å²) in [5, 5.41) is 0. The van der Waals surface area contributed by atoms with E-state index >= 15 is 0 Å². The van der Waals surface area contributed by atoms with E-state index in [0.717, 1.165) is 0 Å². The minimum Gasteiger partial charge on any atom is -0.500 e. The maximum Gasteiger partial charge on any atom is 0.398 e. The van der Waals surface area contributed by atoms with Crippen molar-refractivity contribution in [2.45, 2.75) is 33.9 Å². The van der Waals surface area contributed by atoms with Crippen LogP contribution in [0.25, 0.3) is 0 Å². The van der Waals surface area contributed by atoms with Gasteiger partial charge in [-0.1, -0.05) is 0 Å². The van der Waals surface area contributed by atoms with Gasteiger partial charge in [0.05, 0.1) is 12.5 Å². The quantitative estimate of drug-likeness (QED) is 0.752. The summed E-state index contributed by atoms with van der Waals surface area (Å²) in [5.74, 6) is -7.41. The van der Waals surface area contributed by atoms with E-state index in [1.54, 1.807) is 0 Å². The van der Waals surface area contributed by atoms with Crippen LogP contribution in [0.2, 0.25) is 0 Å². The lowest BCUT2D eigenvalue weighted by Gasteiger charge is -2.35. The number of allylic oxidation sites excluding steroid dienone is 2. The van der Waals surface area contributed by atoms with Crippen molar-refractivity contribution >= 4 is 17.3 Å². The zero-order chi connectivity index (χ0) is 16.7. The van der Waals surface area contributed by atoms with E-state index in [0.29, 0.717) is 6.92 Å². The molecule has 0 radical (unpaired) electrons. The Labute approximate surface area is 120 Å².